The first-order valence-corrected chi connectivity index (χ1v) is 8.43. The van der Waals surface area contributed by atoms with E-state index in [1.165, 1.54) is 0 Å². The molecule has 128 valence electrons. The number of aryl methyl sites for hydroxylation is 1. The van der Waals surface area contributed by atoms with Crippen molar-refractivity contribution in [1.82, 2.24) is 25.1 Å². The smallest absolute Gasteiger partial charge is 0.222 e. The molecule has 2 N–H and O–H groups in total. The Morgan fingerprint density at radius 1 is 1.28 bits per heavy atom. The number of benzene rings is 1. The van der Waals surface area contributed by atoms with Crippen LogP contribution in [-0.2, 0) is 17.9 Å². The number of nitrogens with one attached hydrogen (secondary N) is 2. The maximum atomic E-state index is 12.1. The molecule has 1 amide bonds. The lowest BCUT2D eigenvalue weighted by molar-refractivity contribution is -0.121. The van der Waals surface area contributed by atoms with Gasteiger partial charge >= 0.3 is 0 Å². The molecule has 0 aliphatic rings. The van der Waals surface area contributed by atoms with Crippen LogP contribution in [0, 0.1) is 11.7 Å². The Balaban J connectivity index is 1.64. The standard InChI is InChI=1S/C18H19N5OS/c1-13-5-4-6-14(11-13)17-21-22-18(25)23(17)10-8-16(24)20-12-15-7-2-3-9-19-15/h2-7,9,11H,8,10,12H2,1H3,(H,20,24)(H,22,25). The molecule has 0 unspecified atom stereocenters. The summed E-state index contributed by atoms with van der Waals surface area (Å²) in [6, 6.07) is 13.7. The number of H-pyrrole nitrogens is 1. The van der Waals surface area contributed by atoms with E-state index in [2.05, 4.69) is 20.5 Å². The van der Waals surface area contributed by atoms with Gasteiger partial charge in [0.25, 0.3) is 0 Å². The summed E-state index contributed by atoms with van der Waals surface area (Å²) < 4.78 is 2.36. The molecule has 0 spiro atoms. The van der Waals surface area contributed by atoms with Crippen molar-refractivity contribution in [3.8, 4) is 11.4 Å². The third kappa shape index (κ3) is 4.39. The summed E-state index contributed by atoms with van der Waals surface area (Å²) in [5.41, 5.74) is 2.95. The van der Waals surface area contributed by atoms with Crippen molar-refractivity contribution >= 4 is 18.1 Å². The molecule has 0 aliphatic carbocycles. The van der Waals surface area contributed by atoms with Crippen LogP contribution in [0.3, 0.4) is 0 Å². The highest BCUT2D eigenvalue weighted by Crippen LogP contribution is 2.18. The van der Waals surface area contributed by atoms with Crippen LogP contribution in [0.15, 0.2) is 48.7 Å². The molecular weight excluding hydrogens is 334 g/mol. The lowest BCUT2D eigenvalue weighted by Gasteiger charge is -2.08. The third-order valence-corrected chi connectivity index (χ3v) is 4.10. The van der Waals surface area contributed by atoms with E-state index in [0.717, 1.165) is 22.6 Å². The number of rotatable bonds is 6. The van der Waals surface area contributed by atoms with Gasteiger partial charge in [-0.05, 0) is 37.3 Å². The van der Waals surface area contributed by atoms with Gasteiger partial charge in [0.1, 0.15) is 0 Å². The maximum Gasteiger partial charge on any atom is 0.222 e. The largest absolute Gasteiger partial charge is 0.350 e. The molecule has 0 aliphatic heterocycles. The molecule has 0 bridgehead atoms. The second-order valence-electron chi connectivity index (χ2n) is 5.72. The molecule has 1 aromatic carbocycles. The average Bonchev–Trinajstić information content (AvgIpc) is 3.00. The fourth-order valence-corrected chi connectivity index (χ4v) is 2.75. The second-order valence-corrected chi connectivity index (χ2v) is 6.11. The SMILES string of the molecule is Cc1cccc(-c2n[nH]c(=S)n2CCC(=O)NCc2ccccn2)c1. The van der Waals surface area contributed by atoms with Gasteiger partial charge in [0.2, 0.25) is 5.91 Å². The molecule has 0 saturated heterocycles. The lowest BCUT2D eigenvalue weighted by Crippen LogP contribution is -2.24. The molecule has 2 heterocycles. The number of hydrogen-bond acceptors (Lipinski definition) is 4. The predicted octanol–water partition coefficient (Wildman–Crippen LogP) is 3.02. The van der Waals surface area contributed by atoms with Crippen molar-refractivity contribution in [2.75, 3.05) is 0 Å². The number of hydrogen-bond donors (Lipinski definition) is 2. The third-order valence-electron chi connectivity index (χ3n) is 3.79. The van der Waals surface area contributed by atoms with Crippen LogP contribution in [0.5, 0.6) is 0 Å². The molecule has 3 rings (SSSR count). The number of aromatic amines is 1. The molecular formula is C18H19N5OS. The molecule has 0 saturated carbocycles. The number of aromatic nitrogens is 4. The molecule has 3 aromatic rings. The summed E-state index contributed by atoms with van der Waals surface area (Å²) in [5.74, 6) is 0.690. The van der Waals surface area contributed by atoms with Gasteiger partial charge in [-0.2, -0.15) is 5.10 Å². The molecule has 0 fully saturated rings. The molecule has 6 nitrogen and oxygen atoms in total. The van der Waals surface area contributed by atoms with Crippen LogP contribution in [0.2, 0.25) is 0 Å². The van der Waals surface area contributed by atoms with Gasteiger partial charge in [-0.15, -0.1) is 0 Å². The Morgan fingerprint density at radius 2 is 2.16 bits per heavy atom. The average molecular weight is 353 g/mol. The molecule has 0 atom stereocenters. The van der Waals surface area contributed by atoms with Crippen molar-refractivity contribution < 1.29 is 4.79 Å². The van der Waals surface area contributed by atoms with E-state index < -0.39 is 0 Å². The minimum Gasteiger partial charge on any atom is -0.350 e. The zero-order valence-corrected chi connectivity index (χ0v) is 14.7. The summed E-state index contributed by atoms with van der Waals surface area (Å²) in [6.07, 6.45) is 2.03. The first kappa shape index (κ1) is 17.0. The summed E-state index contributed by atoms with van der Waals surface area (Å²) in [5, 5.41) is 9.98. The lowest BCUT2D eigenvalue weighted by atomic mass is 10.1. The summed E-state index contributed by atoms with van der Waals surface area (Å²) in [4.78, 5) is 16.3. The van der Waals surface area contributed by atoms with Crippen LogP contribution in [0.25, 0.3) is 11.4 Å². The normalized spacial score (nSPS) is 10.6. The van der Waals surface area contributed by atoms with Crippen molar-refractivity contribution in [2.24, 2.45) is 0 Å². The number of carbonyl (C=O) groups excluding carboxylic acids is 1. The molecule has 25 heavy (non-hydrogen) atoms. The van der Waals surface area contributed by atoms with Crippen LogP contribution in [0.4, 0.5) is 0 Å². The zero-order chi connectivity index (χ0) is 17.6. The van der Waals surface area contributed by atoms with Gasteiger partial charge in [0.05, 0.1) is 12.2 Å². The molecule has 7 heteroatoms. The van der Waals surface area contributed by atoms with Crippen molar-refractivity contribution in [3.05, 3.63) is 64.7 Å². The van der Waals surface area contributed by atoms with Crippen LogP contribution >= 0.6 is 12.2 Å². The monoisotopic (exact) mass is 353 g/mol. The van der Waals surface area contributed by atoms with Gasteiger partial charge in [0, 0.05) is 24.7 Å². The Morgan fingerprint density at radius 3 is 2.92 bits per heavy atom. The Kier molecular flexibility index (Phi) is 5.35. The van der Waals surface area contributed by atoms with E-state index in [1.807, 2.05) is 54.0 Å². The quantitative estimate of drug-likeness (QED) is 0.668. The van der Waals surface area contributed by atoms with E-state index in [0.29, 0.717) is 24.3 Å². The van der Waals surface area contributed by atoms with Gasteiger partial charge in [-0.1, -0.05) is 29.8 Å². The van der Waals surface area contributed by atoms with Gasteiger partial charge in [0.15, 0.2) is 10.6 Å². The van der Waals surface area contributed by atoms with E-state index in [4.69, 9.17) is 12.2 Å². The highest BCUT2D eigenvalue weighted by Gasteiger charge is 2.11. The van der Waals surface area contributed by atoms with Crippen molar-refractivity contribution in [1.29, 1.82) is 0 Å². The Labute approximate surface area is 150 Å². The fourth-order valence-electron chi connectivity index (χ4n) is 2.52. The van der Waals surface area contributed by atoms with E-state index in [1.54, 1.807) is 6.20 Å². The summed E-state index contributed by atoms with van der Waals surface area (Å²) in [7, 11) is 0. The molecule has 2 aromatic heterocycles. The van der Waals surface area contributed by atoms with Gasteiger partial charge in [-0.3, -0.25) is 19.4 Å². The van der Waals surface area contributed by atoms with E-state index >= 15 is 0 Å². The van der Waals surface area contributed by atoms with Gasteiger partial charge in [-0.25, -0.2) is 0 Å². The summed E-state index contributed by atoms with van der Waals surface area (Å²) >= 11 is 5.30. The zero-order valence-electron chi connectivity index (χ0n) is 13.9. The minimum absolute atomic E-state index is 0.0519. The first-order valence-electron chi connectivity index (χ1n) is 8.02. The predicted molar refractivity (Wildman–Crippen MR) is 98.3 cm³/mol. The van der Waals surface area contributed by atoms with Crippen LogP contribution in [0.1, 0.15) is 17.7 Å². The maximum absolute atomic E-state index is 12.1. The van der Waals surface area contributed by atoms with Crippen LogP contribution < -0.4 is 5.32 Å². The van der Waals surface area contributed by atoms with E-state index in [-0.39, 0.29) is 5.91 Å². The fraction of sp³-hybridized carbons (Fsp3) is 0.222. The first-order chi connectivity index (χ1) is 12.1. The van der Waals surface area contributed by atoms with Crippen LogP contribution in [-0.4, -0.2) is 25.7 Å². The Bertz CT molecular complexity index is 916. The number of pyridine rings is 1. The summed E-state index contributed by atoms with van der Waals surface area (Å²) in [6.45, 7) is 2.91. The highest BCUT2D eigenvalue weighted by molar-refractivity contribution is 7.71. The van der Waals surface area contributed by atoms with E-state index in [9.17, 15) is 4.79 Å². The van der Waals surface area contributed by atoms with Gasteiger partial charge < -0.3 is 5.32 Å². The highest BCUT2D eigenvalue weighted by atomic mass is 32.1. The Hall–Kier alpha value is -2.80. The molecule has 0 radical (unpaired) electrons. The number of carbonyl (C=O) groups is 1. The van der Waals surface area contributed by atoms with Crippen molar-refractivity contribution in [2.45, 2.75) is 26.4 Å². The number of nitrogens with zero attached hydrogens (tertiary/aromatic N) is 3. The second kappa shape index (κ2) is 7.85. The number of amides is 1. The van der Waals surface area contributed by atoms with Crippen molar-refractivity contribution in [3.63, 3.8) is 0 Å². The topological polar surface area (TPSA) is 75.6 Å². The minimum atomic E-state index is -0.0519.